The van der Waals surface area contributed by atoms with Crippen LogP contribution < -0.4 is 0 Å². The molecular weight excluding hydrogens is 368 g/mol. The molecule has 0 saturated carbocycles. The highest BCUT2D eigenvalue weighted by Gasteiger charge is 2.11. The lowest BCUT2D eigenvalue weighted by Crippen LogP contribution is -1.97. The van der Waals surface area contributed by atoms with Crippen molar-refractivity contribution in [1.82, 2.24) is 19.1 Å². The number of hydrogen-bond acceptors (Lipinski definition) is 2. The van der Waals surface area contributed by atoms with E-state index in [0.29, 0.717) is 0 Å². The van der Waals surface area contributed by atoms with E-state index < -0.39 is 0 Å². The third-order valence-electron chi connectivity index (χ3n) is 5.51. The molecule has 2 aromatic heterocycles. The lowest BCUT2D eigenvalue weighted by Gasteiger charge is -2.13. The Morgan fingerprint density at radius 3 is 1.97 bits per heavy atom. The Kier molecular flexibility index (Phi) is 3.74. The van der Waals surface area contributed by atoms with Crippen molar-refractivity contribution in [3.05, 3.63) is 110 Å². The van der Waals surface area contributed by atoms with Crippen LogP contribution in [-0.4, -0.2) is 19.1 Å². The van der Waals surface area contributed by atoms with E-state index in [9.17, 15) is 0 Å². The molecule has 0 fully saturated rings. The van der Waals surface area contributed by atoms with Crippen LogP contribution in [0.3, 0.4) is 0 Å². The van der Waals surface area contributed by atoms with Gasteiger partial charge >= 0.3 is 0 Å². The molecule has 2 heterocycles. The number of aromatic nitrogens is 4. The monoisotopic (exact) mass is 386 g/mol. The second-order valence-electron chi connectivity index (χ2n) is 7.27. The van der Waals surface area contributed by atoms with Crippen LogP contribution in [0.1, 0.15) is 0 Å². The fourth-order valence-electron chi connectivity index (χ4n) is 4.07. The van der Waals surface area contributed by atoms with Crippen molar-refractivity contribution in [3.63, 3.8) is 0 Å². The molecule has 0 aliphatic heterocycles. The molecule has 0 spiro atoms. The van der Waals surface area contributed by atoms with Crippen LogP contribution in [0.5, 0.6) is 0 Å². The normalized spacial score (nSPS) is 11.3. The van der Waals surface area contributed by atoms with E-state index in [2.05, 4.69) is 79.8 Å². The van der Waals surface area contributed by atoms with Crippen LogP contribution in [-0.2, 0) is 0 Å². The van der Waals surface area contributed by atoms with Gasteiger partial charge in [-0.3, -0.25) is 9.13 Å². The molecule has 142 valence electrons. The summed E-state index contributed by atoms with van der Waals surface area (Å²) < 4.78 is 4.29. The van der Waals surface area contributed by atoms with Crippen LogP contribution in [0.25, 0.3) is 44.6 Å². The van der Waals surface area contributed by atoms with E-state index in [1.807, 2.05) is 49.1 Å². The zero-order valence-electron chi connectivity index (χ0n) is 16.2. The lowest BCUT2D eigenvalue weighted by molar-refractivity contribution is 1.09. The zero-order valence-corrected chi connectivity index (χ0v) is 16.2. The Balaban J connectivity index is 1.52. The van der Waals surface area contributed by atoms with Gasteiger partial charge in [0.15, 0.2) is 0 Å². The maximum absolute atomic E-state index is 4.57. The summed E-state index contributed by atoms with van der Waals surface area (Å²) in [7, 11) is 0. The maximum Gasteiger partial charge on any atom is 0.100 e. The predicted octanol–water partition coefficient (Wildman–Crippen LogP) is 6.03. The Morgan fingerprint density at radius 1 is 0.533 bits per heavy atom. The minimum atomic E-state index is 0.992. The first-order valence-corrected chi connectivity index (χ1v) is 9.93. The van der Waals surface area contributed by atoms with E-state index in [0.717, 1.165) is 44.6 Å². The number of hydrogen-bond donors (Lipinski definition) is 0. The van der Waals surface area contributed by atoms with E-state index in [1.54, 1.807) is 0 Å². The van der Waals surface area contributed by atoms with E-state index in [-0.39, 0.29) is 0 Å². The van der Waals surface area contributed by atoms with Gasteiger partial charge in [-0.15, -0.1) is 0 Å². The molecule has 4 aromatic carbocycles. The van der Waals surface area contributed by atoms with Gasteiger partial charge in [-0.05, 0) is 48.0 Å². The topological polar surface area (TPSA) is 35.6 Å². The molecule has 0 aliphatic carbocycles. The van der Waals surface area contributed by atoms with Crippen molar-refractivity contribution in [1.29, 1.82) is 0 Å². The lowest BCUT2D eigenvalue weighted by atomic mass is 10.0. The van der Waals surface area contributed by atoms with Gasteiger partial charge in [0, 0.05) is 11.3 Å². The molecule has 30 heavy (non-hydrogen) atoms. The first-order chi connectivity index (χ1) is 14.9. The highest BCUT2D eigenvalue weighted by molar-refractivity contribution is 5.82. The number of benzene rings is 4. The number of nitrogens with zero attached hydrogens (tertiary/aromatic N) is 4. The molecule has 6 aromatic rings. The minimum Gasteiger partial charge on any atom is -0.299 e. The van der Waals surface area contributed by atoms with Crippen molar-refractivity contribution < 1.29 is 0 Å². The van der Waals surface area contributed by atoms with Crippen LogP contribution in [0.4, 0.5) is 0 Å². The van der Waals surface area contributed by atoms with Gasteiger partial charge in [0.25, 0.3) is 0 Å². The second kappa shape index (κ2) is 6.71. The molecule has 0 aliphatic rings. The Bertz CT molecular complexity index is 1510. The largest absolute Gasteiger partial charge is 0.299 e. The molecule has 4 nitrogen and oxygen atoms in total. The molecule has 0 atom stereocenters. The molecule has 0 amide bonds. The highest BCUT2D eigenvalue weighted by Crippen LogP contribution is 2.31. The average Bonchev–Trinajstić information content (AvgIpc) is 3.44. The molecule has 0 radical (unpaired) electrons. The number of fused-ring (bicyclic) bond motifs is 2. The molecule has 0 bridgehead atoms. The van der Waals surface area contributed by atoms with Crippen molar-refractivity contribution in [2.75, 3.05) is 0 Å². The third kappa shape index (κ3) is 2.62. The third-order valence-corrected chi connectivity index (χ3v) is 5.51. The first kappa shape index (κ1) is 16.7. The predicted molar refractivity (Wildman–Crippen MR) is 121 cm³/mol. The second-order valence-corrected chi connectivity index (χ2v) is 7.27. The fraction of sp³-hybridized carbons (Fsp3) is 0. The zero-order chi connectivity index (χ0) is 19.9. The summed E-state index contributed by atoms with van der Waals surface area (Å²) in [6, 6.07) is 33.4. The van der Waals surface area contributed by atoms with Gasteiger partial charge in [0.05, 0.1) is 27.8 Å². The van der Waals surface area contributed by atoms with Crippen LogP contribution in [0.15, 0.2) is 110 Å². The Hall–Kier alpha value is -4.18. The number of para-hydroxylation sites is 5. The molecule has 0 unspecified atom stereocenters. The average molecular weight is 386 g/mol. The smallest absolute Gasteiger partial charge is 0.100 e. The Labute approximate surface area is 173 Å². The standard InChI is InChI=1S/C26H18N4/c1-4-13-24(30-18-28-23-12-3-6-15-26(23)30)21(10-1)19-8-7-9-20(16-19)29-17-27-22-11-2-5-14-25(22)29/h1-18H. The van der Waals surface area contributed by atoms with Crippen LogP contribution in [0, 0.1) is 0 Å². The van der Waals surface area contributed by atoms with Gasteiger partial charge in [-0.25, -0.2) is 9.97 Å². The van der Waals surface area contributed by atoms with Gasteiger partial charge in [-0.1, -0.05) is 54.6 Å². The number of rotatable bonds is 3. The fourth-order valence-corrected chi connectivity index (χ4v) is 4.07. The van der Waals surface area contributed by atoms with Gasteiger partial charge in [0.1, 0.15) is 12.7 Å². The summed E-state index contributed by atoms with van der Waals surface area (Å²) >= 11 is 0. The van der Waals surface area contributed by atoms with Gasteiger partial charge < -0.3 is 0 Å². The van der Waals surface area contributed by atoms with E-state index in [1.165, 1.54) is 0 Å². The van der Waals surface area contributed by atoms with Gasteiger partial charge in [-0.2, -0.15) is 0 Å². The number of imidazole rings is 2. The first-order valence-electron chi connectivity index (χ1n) is 9.93. The summed E-state index contributed by atoms with van der Waals surface area (Å²) in [6.45, 7) is 0. The SMILES string of the molecule is c1cc(-c2ccccc2-n2cnc3ccccc32)cc(-n2cnc3ccccc32)c1. The van der Waals surface area contributed by atoms with Crippen molar-refractivity contribution >= 4 is 22.1 Å². The quantitative estimate of drug-likeness (QED) is 0.372. The summed E-state index contributed by atoms with van der Waals surface area (Å²) in [4.78, 5) is 9.11. The molecule has 0 saturated heterocycles. The van der Waals surface area contributed by atoms with Crippen LogP contribution >= 0.6 is 0 Å². The summed E-state index contributed by atoms with van der Waals surface area (Å²) in [5, 5.41) is 0. The maximum atomic E-state index is 4.57. The summed E-state index contributed by atoms with van der Waals surface area (Å²) in [6.07, 6.45) is 3.79. The summed E-state index contributed by atoms with van der Waals surface area (Å²) in [5.41, 5.74) is 8.69. The molecule has 0 N–H and O–H groups in total. The van der Waals surface area contributed by atoms with E-state index >= 15 is 0 Å². The highest BCUT2D eigenvalue weighted by atomic mass is 15.1. The van der Waals surface area contributed by atoms with Gasteiger partial charge in [0.2, 0.25) is 0 Å². The van der Waals surface area contributed by atoms with Crippen molar-refractivity contribution in [3.8, 4) is 22.5 Å². The van der Waals surface area contributed by atoms with Crippen molar-refractivity contribution in [2.45, 2.75) is 0 Å². The van der Waals surface area contributed by atoms with Crippen LogP contribution in [0.2, 0.25) is 0 Å². The molecular formula is C26H18N4. The molecule has 6 rings (SSSR count). The Morgan fingerprint density at radius 2 is 1.17 bits per heavy atom. The van der Waals surface area contributed by atoms with Crippen molar-refractivity contribution in [2.24, 2.45) is 0 Å². The molecule has 4 heteroatoms. The van der Waals surface area contributed by atoms with E-state index in [4.69, 9.17) is 0 Å². The summed E-state index contributed by atoms with van der Waals surface area (Å²) in [5.74, 6) is 0. The minimum absolute atomic E-state index is 0.992.